The van der Waals surface area contributed by atoms with Gasteiger partial charge in [0.15, 0.2) is 23.9 Å². The van der Waals surface area contributed by atoms with Crippen molar-refractivity contribution in [2.24, 2.45) is 17.0 Å². The van der Waals surface area contributed by atoms with Gasteiger partial charge >= 0.3 is 6.21 Å². The molecule has 0 radical (unpaired) electrons. The molecule has 4 rings (SSSR count). The summed E-state index contributed by atoms with van der Waals surface area (Å²) in [6, 6.07) is 4.54. The number of ether oxygens (including phenoxy) is 1. The molecule has 0 saturated heterocycles. The highest BCUT2D eigenvalue weighted by atomic mass is 19.1. The van der Waals surface area contributed by atoms with Crippen molar-refractivity contribution >= 4 is 35.6 Å². The first-order valence-corrected chi connectivity index (χ1v) is 14.2. The Balaban J connectivity index is 1.39. The Labute approximate surface area is 253 Å². The predicted molar refractivity (Wildman–Crippen MR) is 159 cm³/mol. The fourth-order valence-corrected chi connectivity index (χ4v) is 5.71. The number of nitrogens with zero attached hydrogens (tertiary/aromatic N) is 4. The van der Waals surface area contributed by atoms with Gasteiger partial charge in [0.2, 0.25) is 5.76 Å². The lowest BCUT2D eigenvalue weighted by Crippen LogP contribution is -2.37. The zero-order valence-electron chi connectivity index (χ0n) is 24.8. The molecule has 1 aromatic heterocycles. The summed E-state index contributed by atoms with van der Waals surface area (Å²) in [6.07, 6.45) is 9.45. The van der Waals surface area contributed by atoms with E-state index in [2.05, 4.69) is 15.2 Å². The van der Waals surface area contributed by atoms with E-state index in [9.17, 15) is 23.5 Å². The third kappa shape index (κ3) is 7.42. The topological polar surface area (TPSA) is 158 Å². The Morgan fingerprint density at radius 2 is 1.93 bits per heavy atom. The predicted octanol–water partition coefficient (Wildman–Crippen LogP) is 4.03. The molecular formula is C31H36F2N7O4+. The summed E-state index contributed by atoms with van der Waals surface area (Å²) in [7, 11) is 1.73. The van der Waals surface area contributed by atoms with Gasteiger partial charge in [-0.25, -0.2) is 8.78 Å². The molecule has 1 heterocycles. The Bertz CT molecular complexity index is 1610. The number of carbonyl (C=O) groups is 2. The number of halogens is 2. The minimum Gasteiger partial charge on any atom is -0.446 e. The standard InChI is InChI=1S/C31H35F2N7O4/c1-4-18(2)40-9-5-6-24(30(40)35)31(43)38-27-14-26(33)28(15-25(27)32)44-23(7-8-34)16-36-37-17-29(42)39(3)21-10-19-12-22(41)13-20(19)11-21/h4-9,14-16,19-22,34-35,41H,10-13,17H2,1-3H3/p+1. The van der Waals surface area contributed by atoms with E-state index in [1.54, 1.807) is 44.1 Å². The number of allylic oxidation sites excluding steroid dienone is 4. The average Bonchev–Trinajstić information content (AvgIpc) is 3.54. The average molecular weight is 609 g/mol. The fourth-order valence-electron chi connectivity index (χ4n) is 5.71. The van der Waals surface area contributed by atoms with Gasteiger partial charge in [-0.3, -0.25) is 15.0 Å². The molecule has 13 heteroatoms. The molecule has 0 aliphatic heterocycles. The van der Waals surface area contributed by atoms with Gasteiger partial charge in [0.25, 0.3) is 11.8 Å². The van der Waals surface area contributed by atoms with E-state index >= 15 is 0 Å². The second kappa shape index (κ2) is 14.2. The van der Waals surface area contributed by atoms with Crippen molar-refractivity contribution in [2.45, 2.75) is 51.7 Å². The molecule has 2 atom stereocenters. The molecule has 0 spiro atoms. The number of hydrogen-bond acceptors (Lipinski definition) is 7. The SMILES string of the molecule is CC=C(C)n1cccc(C(=O)Nc2cc(F)c(OC(C=[N+]=NCC(=O)N(C)C3CC4CC(O)CC4C3)=CC=N)cc2F)c1=N. The molecule has 0 bridgehead atoms. The lowest BCUT2D eigenvalue weighted by Gasteiger charge is -2.24. The number of pyridine rings is 1. The zero-order chi connectivity index (χ0) is 32.0. The van der Waals surface area contributed by atoms with Crippen LogP contribution in [-0.4, -0.2) is 69.3 Å². The van der Waals surface area contributed by atoms with Gasteiger partial charge in [0.1, 0.15) is 5.49 Å². The number of amides is 2. The van der Waals surface area contributed by atoms with Crippen molar-refractivity contribution in [2.75, 3.05) is 18.9 Å². The lowest BCUT2D eigenvalue weighted by atomic mass is 10.0. The van der Waals surface area contributed by atoms with E-state index in [-0.39, 0.29) is 41.4 Å². The smallest absolute Gasteiger partial charge is 0.372 e. The molecule has 4 N–H and O–H groups in total. The first-order valence-electron chi connectivity index (χ1n) is 14.2. The van der Waals surface area contributed by atoms with Crippen LogP contribution in [0.5, 0.6) is 5.75 Å². The Hall–Kier alpha value is -4.74. The third-order valence-electron chi connectivity index (χ3n) is 8.16. The van der Waals surface area contributed by atoms with Crippen LogP contribution < -0.4 is 15.5 Å². The van der Waals surface area contributed by atoms with Crippen molar-refractivity contribution in [3.05, 3.63) is 71.1 Å². The van der Waals surface area contributed by atoms with Gasteiger partial charge in [-0.05, 0) is 63.5 Å². The van der Waals surface area contributed by atoms with Gasteiger partial charge in [-0.2, -0.15) is 0 Å². The van der Waals surface area contributed by atoms with E-state index in [0.29, 0.717) is 17.5 Å². The minimum atomic E-state index is -1.01. The molecule has 44 heavy (non-hydrogen) atoms. The number of aliphatic hydroxyl groups excluding tert-OH is 1. The number of aromatic nitrogens is 1. The number of likely N-dealkylation sites (N-methyl/N-ethyl adjacent to an activating group) is 1. The summed E-state index contributed by atoms with van der Waals surface area (Å²) in [5.74, 6) is -2.84. The molecule has 2 aliphatic carbocycles. The summed E-state index contributed by atoms with van der Waals surface area (Å²) < 4.78 is 36.7. The highest BCUT2D eigenvalue weighted by molar-refractivity contribution is 6.04. The zero-order valence-corrected chi connectivity index (χ0v) is 24.8. The van der Waals surface area contributed by atoms with Gasteiger partial charge in [0, 0.05) is 49.4 Å². The minimum absolute atomic E-state index is 0.0414. The molecule has 232 valence electrons. The van der Waals surface area contributed by atoms with Crippen LogP contribution in [0.2, 0.25) is 0 Å². The Morgan fingerprint density at radius 1 is 1.23 bits per heavy atom. The van der Waals surface area contributed by atoms with Crippen LogP contribution in [-0.2, 0) is 4.79 Å². The maximum atomic E-state index is 14.9. The number of fused-ring (bicyclic) bond motifs is 1. The van der Waals surface area contributed by atoms with E-state index < -0.39 is 29.0 Å². The van der Waals surface area contributed by atoms with E-state index in [0.717, 1.165) is 56.3 Å². The van der Waals surface area contributed by atoms with Crippen molar-refractivity contribution in [3.63, 3.8) is 0 Å². The monoisotopic (exact) mass is 608 g/mol. The molecule has 2 aromatic rings. The number of aliphatic hydroxyl groups is 1. The van der Waals surface area contributed by atoms with E-state index in [4.69, 9.17) is 15.6 Å². The van der Waals surface area contributed by atoms with Crippen LogP contribution in [0.15, 0.2) is 53.5 Å². The highest BCUT2D eigenvalue weighted by Crippen LogP contribution is 2.45. The second-order valence-electron chi connectivity index (χ2n) is 10.9. The number of carbonyl (C=O) groups excluding carboxylic acids is 2. The van der Waals surface area contributed by atoms with Crippen molar-refractivity contribution in [1.82, 2.24) is 9.47 Å². The lowest BCUT2D eigenvalue weighted by molar-refractivity contribution is -0.136. The Morgan fingerprint density at radius 3 is 2.59 bits per heavy atom. The first kappa shape index (κ1) is 32.2. The van der Waals surface area contributed by atoms with Crippen LogP contribution in [0.1, 0.15) is 49.9 Å². The fraction of sp³-hybridized carbons (Fsp3) is 0.387. The van der Waals surface area contributed by atoms with Crippen molar-refractivity contribution in [3.8, 4) is 5.75 Å². The van der Waals surface area contributed by atoms with Gasteiger partial charge < -0.3 is 30.0 Å². The van der Waals surface area contributed by atoms with Gasteiger partial charge in [0.05, 0.1) is 27.3 Å². The summed E-state index contributed by atoms with van der Waals surface area (Å²) in [4.78, 5) is 30.9. The van der Waals surface area contributed by atoms with Crippen LogP contribution in [0.25, 0.3) is 5.70 Å². The number of nitrogens with one attached hydrogen (secondary N) is 3. The molecule has 1 aromatic carbocycles. The number of hydrogen-bond donors (Lipinski definition) is 4. The quantitative estimate of drug-likeness (QED) is 0.139. The normalized spacial score (nSPS) is 21.2. The maximum absolute atomic E-state index is 14.9. The number of anilines is 1. The largest absolute Gasteiger partial charge is 0.446 e. The van der Waals surface area contributed by atoms with Crippen molar-refractivity contribution in [1.29, 1.82) is 10.8 Å². The van der Waals surface area contributed by atoms with Gasteiger partial charge in [-0.15, -0.1) is 0 Å². The van der Waals surface area contributed by atoms with Crippen LogP contribution in [0.4, 0.5) is 14.5 Å². The molecule has 11 nitrogen and oxygen atoms in total. The van der Waals surface area contributed by atoms with Crippen LogP contribution in [0, 0.1) is 34.3 Å². The van der Waals surface area contributed by atoms with Crippen molar-refractivity contribution < 1.29 is 33.0 Å². The number of rotatable bonds is 10. The summed E-state index contributed by atoms with van der Waals surface area (Å²) in [5, 5.41) is 31.6. The van der Waals surface area contributed by atoms with Crippen LogP contribution in [0.3, 0.4) is 0 Å². The summed E-state index contributed by atoms with van der Waals surface area (Å²) >= 11 is 0. The highest BCUT2D eigenvalue weighted by Gasteiger charge is 2.43. The summed E-state index contributed by atoms with van der Waals surface area (Å²) in [6.45, 7) is 3.32. The number of benzene rings is 1. The second-order valence-corrected chi connectivity index (χ2v) is 10.9. The molecule has 2 aliphatic rings. The summed E-state index contributed by atoms with van der Waals surface area (Å²) in [5.41, 5.74) is 0.0896. The molecular weight excluding hydrogens is 572 g/mol. The molecule has 2 amide bonds. The molecule has 2 fully saturated rings. The Kier molecular flexibility index (Phi) is 10.4. The third-order valence-corrected chi connectivity index (χ3v) is 8.16. The molecule has 2 unspecified atom stereocenters. The van der Waals surface area contributed by atoms with Crippen LogP contribution >= 0.6 is 0 Å². The van der Waals surface area contributed by atoms with E-state index in [1.807, 2.05) is 0 Å². The molecule has 2 saturated carbocycles. The van der Waals surface area contributed by atoms with Gasteiger partial charge in [-0.1, -0.05) is 6.08 Å². The van der Waals surface area contributed by atoms with E-state index in [1.165, 1.54) is 10.6 Å². The maximum Gasteiger partial charge on any atom is 0.372 e. The first-order chi connectivity index (χ1) is 21.0.